The topological polar surface area (TPSA) is 37.3 Å². The number of halogens is 5. The lowest BCUT2D eigenvalue weighted by Crippen LogP contribution is -2.27. The predicted molar refractivity (Wildman–Crippen MR) is 68.6 cm³/mol. The molecule has 0 aromatic heterocycles. The van der Waals surface area contributed by atoms with Crippen LogP contribution in [-0.4, -0.2) is 11.1 Å². The van der Waals surface area contributed by atoms with Crippen LogP contribution in [0.4, 0.5) is 17.6 Å². The lowest BCUT2D eigenvalue weighted by atomic mass is 9.81. The van der Waals surface area contributed by atoms with Crippen LogP contribution in [0.1, 0.15) is 32.3 Å². The molecule has 1 N–H and O–H groups in total. The zero-order valence-corrected chi connectivity index (χ0v) is 12.4. The third-order valence-electron chi connectivity index (χ3n) is 2.73. The molecule has 0 bridgehead atoms. The Labute approximate surface area is 121 Å². The third kappa shape index (κ3) is 4.19. The molecule has 0 atom stereocenters. The Kier molecular flexibility index (Phi) is 4.84. The van der Waals surface area contributed by atoms with Crippen LogP contribution in [0.3, 0.4) is 0 Å². The van der Waals surface area contributed by atoms with Gasteiger partial charge < -0.3 is 5.11 Å². The summed E-state index contributed by atoms with van der Waals surface area (Å²) in [6.45, 7) is 2.67. The summed E-state index contributed by atoms with van der Waals surface area (Å²) in [6, 6.07) is 1.05. The van der Waals surface area contributed by atoms with Gasteiger partial charge in [0, 0.05) is 6.42 Å². The monoisotopic (exact) mass is 356 g/mol. The summed E-state index contributed by atoms with van der Waals surface area (Å²) in [5, 5.41) is 8.67. The number of hydrogen-bond acceptors (Lipinski definition) is 1. The minimum atomic E-state index is -3.66. The molecule has 7 heteroatoms. The number of alkyl halides is 2. The van der Waals surface area contributed by atoms with E-state index in [1.165, 1.54) is 13.8 Å². The van der Waals surface area contributed by atoms with E-state index in [2.05, 4.69) is 15.9 Å². The van der Waals surface area contributed by atoms with Gasteiger partial charge in [-0.15, -0.1) is 0 Å². The summed E-state index contributed by atoms with van der Waals surface area (Å²) in [7, 11) is 0. The largest absolute Gasteiger partial charge is 0.481 e. The highest BCUT2D eigenvalue weighted by molar-refractivity contribution is 9.10. The van der Waals surface area contributed by atoms with Gasteiger partial charge in [0.2, 0.25) is 0 Å². The highest BCUT2D eigenvalue weighted by Gasteiger charge is 2.41. The molecule has 20 heavy (non-hydrogen) atoms. The molecule has 0 radical (unpaired) electrons. The lowest BCUT2D eigenvalue weighted by Gasteiger charge is -2.28. The molecule has 0 aliphatic rings. The zero-order chi connectivity index (χ0) is 15.7. The fraction of sp³-hybridized carbons (Fsp3) is 0.462. The van der Waals surface area contributed by atoms with Crippen LogP contribution in [-0.2, 0) is 10.7 Å². The van der Waals surface area contributed by atoms with Gasteiger partial charge in [-0.1, -0.05) is 13.8 Å². The van der Waals surface area contributed by atoms with E-state index in [4.69, 9.17) is 5.11 Å². The molecule has 112 valence electrons. The number of aliphatic carboxylic acids is 1. The van der Waals surface area contributed by atoms with Crippen LogP contribution >= 0.6 is 15.9 Å². The molecule has 0 spiro atoms. The molecular weight excluding hydrogens is 344 g/mol. The number of carbonyl (C=O) groups is 1. The molecule has 0 saturated carbocycles. The molecule has 0 heterocycles. The lowest BCUT2D eigenvalue weighted by molar-refractivity contribution is -0.140. The highest BCUT2D eigenvalue weighted by Crippen LogP contribution is 2.43. The summed E-state index contributed by atoms with van der Waals surface area (Å²) in [4.78, 5) is 10.6. The van der Waals surface area contributed by atoms with Crippen LogP contribution in [0, 0.1) is 17.0 Å². The molecule has 0 aliphatic heterocycles. The first-order valence-corrected chi connectivity index (χ1v) is 6.48. The molecule has 1 rings (SSSR count). The van der Waals surface area contributed by atoms with Crippen molar-refractivity contribution in [1.82, 2.24) is 0 Å². The Morgan fingerprint density at radius 3 is 2.30 bits per heavy atom. The highest BCUT2D eigenvalue weighted by atomic mass is 79.9. The van der Waals surface area contributed by atoms with E-state index in [1.807, 2.05) is 0 Å². The van der Waals surface area contributed by atoms with Gasteiger partial charge in [-0.25, -0.2) is 17.6 Å². The maximum atomic E-state index is 14.1. The fourth-order valence-corrected chi connectivity index (χ4v) is 2.29. The first kappa shape index (κ1) is 16.9. The van der Waals surface area contributed by atoms with E-state index in [-0.39, 0.29) is 4.47 Å². The zero-order valence-electron chi connectivity index (χ0n) is 10.8. The van der Waals surface area contributed by atoms with Crippen molar-refractivity contribution in [3.63, 3.8) is 0 Å². The third-order valence-corrected chi connectivity index (χ3v) is 3.34. The van der Waals surface area contributed by atoms with E-state index in [1.54, 1.807) is 0 Å². The normalized spacial score (nSPS) is 12.6. The SMILES string of the molecule is CC(C)(CC(=O)O)CC(F)(F)c1cc(F)c(Br)cc1F. The quantitative estimate of drug-likeness (QED) is 0.612. The molecule has 0 fully saturated rings. The number of carboxylic acids is 1. The second-order valence-corrected chi connectivity index (χ2v) is 6.22. The molecule has 0 aliphatic carbocycles. The smallest absolute Gasteiger partial charge is 0.303 e. The molecule has 0 saturated heterocycles. The fourth-order valence-electron chi connectivity index (χ4n) is 1.97. The van der Waals surface area contributed by atoms with Crippen molar-refractivity contribution in [2.45, 2.75) is 32.6 Å². The van der Waals surface area contributed by atoms with Crippen LogP contribution < -0.4 is 0 Å². The van der Waals surface area contributed by atoms with Gasteiger partial charge >= 0.3 is 5.97 Å². The maximum absolute atomic E-state index is 14.1. The van der Waals surface area contributed by atoms with Gasteiger partial charge in [-0.05, 0) is 33.5 Å². The summed E-state index contributed by atoms with van der Waals surface area (Å²) < 4.78 is 54.7. The van der Waals surface area contributed by atoms with Gasteiger partial charge in [0.1, 0.15) is 11.6 Å². The first-order valence-electron chi connectivity index (χ1n) is 5.69. The minimum absolute atomic E-state index is 0.251. The number of benzene rings is 1. The van der Waals surface area contributed by atoms with E-state index in [0.717, 1.165) is 0 Å². The van der Waals surface area contributed by atoms with Crippen molar-refractivity contribution < 1.29 is 27.5 Å². The average Bonchev–Trinajstić information content (AvgIpc) is 2.19. The van der Waals surface area contributed by atoms with Crippen LogP contribution in [0.2, 0.25) is 0 Å². The molecule has 1 aromatic rings. The first-order chi connectivity index (χ1) is 8.94. The van der Waals surface area contributed by atoms with Crippen molar-refractivity contribution in [3.05, 3.63) is 33.8 Å². The number of rotatable bonds is 5. The molecule has 1 aromatic carbocycles. The molecule has 0 unspecified atom stereocenters. The second kappa shape index (κ2) is 5.71. The van der Waals surface area contributed by atoms with E-state index < -0.39 is 47.3 Å². The standard InChI is InChI=1S/C13H13BrF4O2/c1-12(2,5-11(19)20)6-13(17,18)7-3-10(16)8(14)4-9(7)15/h3-4H,5-6H2,1-2H3,(H,19,20). The van der Waals surface area contributed by atoms with Gasteiger partial charge in [-0.2, -0.15) is 0 Å². The van der Waals surface area contributed by atoms with Gasteiger partial charge in [-0.3, -0.25) is 4.79 Å². The molecule has 0 amide bonds. The Hall–Kier alpha value is -1.11. The number of carboxylic acid groups (broad SMARTS) is 1. The van der Waals surface area contributed by atoms with Crippen molar-refractivity contribution in [2.24, 2.45) is 5.41 Å². The Bertz CT molecular complexity index is 529. The van der Waals surface area contributed by atoms with E-state index >= 15 is 0 Å². The average molecular weight is 357 g/mol. The van der Waals surface area contributed by atoms with Gasteiger partial charge in [0.05, 0.1) is 16.5 Å². The minimum Gasteiger partial charge on any atom is -0.481 e. The molecule has 2 nitrogen and oxygen atoms in total. The summed E-state index contributed by atoms with van der Waals surface area (Å²) >= 11 is 2.70. The Morgan fingerprint density at radius 1 is 1.25 bits per heavy atom. The van der Waals surface area contributed by atoms with Crippen molar-refractivity contribution >= 4 is 21.9 Å². The van der Waals surface area contributed by atoms with Gasteiger partial charge in [0.25, 0.3) is 5.92 Å². The van der Waals surface area contributed by atoms with Crippen LogP contribution in [0.15, 0.2) is 16.6 Å². The van der Waals surface area contributed by atoms with Crippen molar-refractivity contribution in [2.75, 3.05) is 0 Å². The summed E-state index contributed by atoms with van der Waals surface area (Å²) in [5.74, 6) is -7.13. The second-order valence-electron chi connectivity index (χ2n) is 5.36. The molecular formula is C13H13BrF4O2. The predicted octanol–water partition coefficient (Wildman–Crippen LogP) is 4.71. The maximum Gasteiger partial charge on any atom is 0.303 e. The Morgan fingerprint density at radius 2 is 1.80 bits per heavy atom. The van der Waals surface area contributed by atoms with E-state index in [9.17, 15) is 22.4 Å². The van der Waals surface area contributed by atoms with Gasteiger partial charge in [0.15, 0.2) is 0 Å². The van der Waals surface area contributed by atoms with Crippen molar-refractivity contribution in [1.29, 1.82) is 0 Å². The number of hydrogen-bond donors (Lipinski definition) is 1. The van der Waals surface area contributed by atoms with Crippen LogP contribution in [0.5, 0.6) is 0 Å². The summed E-state index contributed by atoms with van der Waals surface area (Å²) in [5.41, 5.74) is -2.33. The summed E-state index contributed by atoms with van der Waals surface area (Å²) in [6.07, 6.45) is -1.40. The Balaban J connectivity index is 3.11. The van der Waals surface area contributed by atoms with Crippen LogP contribution in [0.25, 0.3) is 0 Å². The van der Waals surface area contributed by atoms with Crippen molar-refractivity contribution in [3.8, 4) is 0 Å². The van der Waals surface area contributed by atoms with E-state index in [0.29, 0.717) is 12.1 Å².